The van der Waals surface area contributed by atoms with E-state index in [0.29, 0.717) is 17.3 Å². The molecule has 0 aliphatic carbocycles. The third-order valence-electron chi connectivity index (χ3n) is 7.11. The van der Waals surface area contributed by atoms with Crippen LogP contribution in [0.5, 0.6) is 0 Å². The van der Waals surface area contributed by atoms with E-state index in [1.54, 1.807) is 11.1 Å². The third-order valence-corrected chi connectivity index (χ3v) is 8.82. The quantitative estimate of drug-likeness (QED) is 0.194. The van der Waals surface area contributed by atoms with Crippen molar-refractivity contribution in [1.82, 2.24) is 5.32 Å². The molecule has 3 N–H and O–H groups in total. The Morgan fingerprint density at radius 2 is 1.71 bits per heavy atom. The van der Waals surface area contributed by atoms with Gasteiger partial charge in [0.1, 0.15) is 0 Å². The second-order valence-electron chi connectivity index (χ2n) is 9.95. The van der Waals surface area contributed by atoms with Crippen molar-refractivity contribution >= 4 is 11.8 Å². The number of allylic oxidation sites excluding steroid dienone is 2. The van der Waals surface area contributed by atoms with E-state index >= 15 is 0 Å². The van der Waals surface area contributed by atoms with Crippen molar-refractivity contribution in [2.45, 2.75) is 148 Å². The molecule has 5 atom stereocenters. The molecule has 182 valence electrons. The number of hydrogen-bond donors (Lipinski definition) is 2. The highest BCUT2D eigenvalue weighted by molar-refractivity contribution is 8.00. The van der Waals surface area contributed by atoms with E-state index in [0.717, 1.165) is 17.6 Å². The minimum atomic E-state index is 0.363. The molecule has 5 unspecified atom stereocenters. The lowest BCUT2D eigenvalue weighted by molar-refractivity contribution is 0.423. The first-order valence-electron chi connectivity index (χ1n) is 13.5. The summed E-state index contributed by atoms with van der Waals surface area (Å²) >= 11 is 2.23. The van der Waals surface area contributed by atoms with Crippen molar-refractivity contribution in [1.29, 1.82) is 0 Å². The molecule has 0 saturated heterocycles. The van der Waals surface area contributed by atoms with Gasteiger partial charge >= 0.3 is 0 Å². The fourth-order valence-electron chi connectivity index (χ4n) is 4.43. The Hall–Kier alpha value is -0.410. The van der Waals surface area contributed by atoms with Gasteiger partial charge in [-0.25, -0.2) is 0 Å². The molecule has 3 heteroatoms. The largest absolute Gasteiger partial charge is 0.387 e. The highest BCUT2D eigenvalue weighted by Gasteiger charge is 2.22. The van der Waals surface area contributed by atoms with Crippen LogP contribution in [0.4, 0.5) is 0 Å². The van der Waals surface area contributed by atoms with Crippen LogP contribution in [0, 0.1) is 5.92 Å². The van der Waals surface area contributed by atoms with Crippen molar-refractivity contribution < 1.29 is 0 Å². The van der Waals surface area contributed by atoms with E-state index in [2.05, 4.69) is 70.9 Å². The number of thioether (sulfide) groups is 1. The summed E-state index contributed by atoms with van der Waals surface area (Å²) in [6.07, 6.45) is 21.3. The number of nitrogens with one attached hydrogen (secondary N) is 1. The normalized spacial score (nSPS) is 26.3. The van der Waals surface area contributed by atoms with Crippen molar-refractivity contribution in [2.24, 2.45) is 11.7 Å². The molecular formula is C28H54N2S. The van der Waals surface area contributed by atoms with Crippen molar-refractivity contribution in [2.75, 3.05) is 0 Å². The monoisotopic (exact) mass is 450 g/mol. The molecule has 1 aliphatic heterocycles. The van der Waals surface area contributed by atoms with Crippen LogP contribution in [0.2, 0.25) is 0 Å². The summed E-state index contributed by atoms with van der Waals surface area (Å²) < 4.78 is 0. The second-order valence-corrected chi connectivity index (χ2v) is 11.4. The Bertz CT molecular complexity index is 513. The van der Waals surface area contributed by atoms with Gasteiger partial charge in [-0.15, -0.1) is 11.8 Å². The van der Waals surface area contributed by atoms with Gasteiger partial charge in [0.2, 0.25) is 0 Å². The first-order valence-corrected chi connectivity index (χ1v) is 14.4. The topological polar surface area (TPSA) is 38.0 Å². The molecular weight excluding hydrogens is 396 g/mol. The molecule has 0 bridgehead atoms. The SMILES string of the molecule is CCCCCCC(CCC(N)CC(C)CC)SC1/C=C(/CC)CC/C(CC)=C\NC1C. The zero-order chi connectivity index (χ0) is 23.1. The molecule has 0 aromatic carbocycles. The van der Waals surface area contributed by atoms with Crippen LogP contribution in [0.15, 0.2) is 23.4 Å². The summed E-state index contributed by atoms with van der Waals surface area (Å²) in [4.78, 5) is 0. The molecule has 2 nitrogen and oxygen atoms in total. The number of unbranched alkanes of at least 4 members (excludes halogenated alkanes) is 3. The van der Waals surface area contributed by atoms with Crippen LogP contribution in [0.1, 0.15) is 125 Å². The minimum absolute atomic E-state index is 0.363. The number of nitrogens with two attached hydrogens (primary N) is 1. The summed E-state index contributed by atoms with van der Waals surface area (Å²) in [5.74, 6) is 0.749. The second kappa shape index (κ2) is 17.1. The lowest BCUT2D eigenvalue weighted by atomic mass is 9.96. The maximum absolute atomic E-state index is 6.53. The van der Waals surface area contributed by atoms with Gasteiger partial charge in [-0.3, -0.25) is 0 Å². The molecule has 31 heavy (non-hydrogen) atoms. The molecule has 0 amide bonds. The third kappa shape index (κ3) is 12.4. The smallest absolute Gasteiger partial charge is 0.0431 e. The van der Waals surface area contributed by atoms with Crippen LogP contribution >= 0.6 is 11.8 Å². The van der Waals surface area contributed by atoms with Gasteiger partial charge in [0.25, 0.3) is 0 Å². The Labute approximate surface area is 199 Å². The molecule has 1 rings (SSSR count). The molecule has 0 fully saturated rings. The summed E-state index contributed by atoms with van der Waals surface area (Å²) in [6, 6.07) is 0.833. The van der Waals surface area contributed by atoms with Gasteiger partial charge in [0.15, 0.2) is 0 Å². The van der Waals surface area contributed by atoms with Gasteiger partial charge in [-0.1, -0.05) is 83.9 Å². The van der Waals surface area contributed by atoms with E-state index in [-0.39, 0.29) is 0 Å². The van der Waals surface area contributed by atoms with Gasteiger partial charge in [-0.05, 0) is 70.4 Å². The van der Waals surface area contributed by atoms with E-state index in [4.69, 9.17) is 5.73 Å². The maximum Gasteiger partial charge on any atom is 0.0431 e. The predicted molar refractivity (Wildman–Crippen MR) is 144 cm³/mol. The van der Waals surface area contributed by atoms with Crippen LogP contribution in [-0.2, 0) is 0 Å². The lowest BCUT2D eigenvalue weighted by Gasteiger charge is -2.28. The first-order chi connectivity index (χ1) is 14.9. The van der Waals surface area contributed by atoms with Crippen LogP contribution in [-0.4, -0.2) is 22.6 Å². The lowest BCUT2D eigenvalue weighted by Crippen LogP contribution is -2.33. The Morgan fingerprint density at radius 1 is 1.00 bits per heavy atom. The number of hydrogen-bond acceptors (Lipinski definition) is 3. The Balaban J connectivity index is 2.83. The molecule has 1 heterocycles. The standard InChI is InChI=1S/C28H54N2S/c1-7-11-12-13-14-27(18-17-26(29)19-22(5)8-2)31-28-20-24(9-3)15-16-25(10-4)21-30-23(28)6/h20-23,26-28,30H,7-19,29H2,1-6H3/b24-20-,25-21-. The summed E-state index contributed by atoms with van der Waals surface area (Å²) in [5.41, 5.74) is 9.74. The highest BCUT2D eigenvalue weighted by atomic mass is 32.2. The molecule has 0 saturated carbocycles. The fraction of sp³-hybridized carbons (Fsp3) is 0.857. The zero-order valence-corrected chi connectivity index (χ0v) is 22.5. The van der Waals surface area contributed by atoms with Gasteiger partial charge in [0, 0.05) is 22.6 Å². The Kier molecular flexibility index (Phi) is 15.8. The van der Waals surface area contributed by atoms with E-state index in [1.807, 2.05) is 0 Å². The summed E-state index contributed by atoms with van der Waals surface area (Å²) in [6.45, 7) is 13.9. The van der Waals surface area contributed by atoms with Crippen molar-refractivity contribution in [3.63, 3.8) is 0 Å². The first kappa shape index (κ1) is 28.6. The average Bonchev–Trinajstić information content (AvgIpc) is 2.84. The zero-order valence-electron chi connectivity index (χ0n) is 21.7. The van der Waals surface area contributed by atoms with E-state index in [1.165, 1.54) is 77.0 Å². The van der Waals surface area contributed by atoms with Gasteiger partial charge < -0.3 is 11.1 Å². The van der Waals surface area contributed by atoms with Gasteiger partial charge in [-0.2, -0.15) is 0 Å². The summed E-state index contributed by atoms with van der Waals surface area (Å²) in [5, 5.41) is 5.02. The molecule has 0 spiro atoms. The predicted octanol–water partition coefficient (Wildman–Crippen LogP) is 8.37. The molecule has 1 aliphatic rings. The number of rotatable bonds is 15. The molecule has 0 aromatic heterocycles. The summed E-state index contributed by atoms with van der Waals surface area (Å²) in [7, 11) is 0. The van der Waals surface area contributed by atoms with Crippen LogP contribution in [0.3, 0.4) is 0 Å². The highest BCUT2D eigenvalue weighted by Crippen LogP contribution is 2.32. The van der Waals surface area contributed by atoms with Crippen LogP contribution in [0.25, 0.3) is 0 Å². The van der Waals surface area contributed by atoms with Gasteiger partial charge in [0.05, 0.1) is 0 Å². The molecule has 0 aromatic rings. The Morgan fingerprint density at radius 3 is 2.35 bits per heavy atom. The van der Waals surface area contributed by atoms with E-state index in [9.17, 15) is 0 Å². The van der Waals surface area contributed by atoms with E-state index < -0.39 is 0 Å². The molecule has 0 radical (unpaired) electrons. The van der Waals surface area contributed by atoms with Crippen molar-refractivity contribution in [3.05, 3.63) is 23.4 Å². The average molecular weight is 451 g/mol. The van der Waals surface area contributed by atoms with Crippen molar-refractivity contribution in [3.8, 4) is 0 Å². The minimum Gasteiger partial charge on any atom is -0.387 e. The van der Waals surface area contributed by atoms with Crippen LogP contribution < -0.4 is 11.1 Å². The fourth-order valence-corrected chi connectivity index (χ4v) is 6.04. The maximum atomic E-state index is 6.53.